The van der Waals surface area contributed by atoms with E-state index in [-0.39, 0.29) is 0 Å². The van der Waals surface area contributed by atoms with Crippen LogP contribution in [-0.2, 0) is 4.79 Å². The van der Waals surface area contributed by atoms with Crippen LogP contribution in [-0.4, -0.2) is 68.4 Å². The summed E-state index contributed by atoms with van der Waals surface area (Å²) in [6.07, 6.45) is 0.152. The fraction of sp³-hybridized carbons (Fsp3) is 0.261. The number of nitrogens with zero attached hydrogens (tertiary/aromatic N) is 8. The van der Waals surface area contributed by atoms with Gasteiger partial charge >= 0.3 is 12.1 Å². The topological polar surface area (TPSA) is 132 Å². The van der Waals surface area contributed by atoms with Gasteiger partial charge in [0, 0.05) is 44.8 Å². The molecule has 190 valence electrons. The van der Waals surface area contributed by atoms with Crippen LogP contribution in [0, 0.1) is 11.3 Å². The van der Waals surface area contributed by atoms with E-state index in [4.69, 9.17) is 14.9 Å². The molecule has 0 saturated carbocycles. The Labute approximate surface area is 212 Å². The Balaban J connectivity index is 0.000000405. The first kappa shape index (κ1) is 25.7. The third-order valence-corrected chi connectivity index (χ3v) is 6.39. The average molecular weight is 529 g/mol. The first-order valence-electron chi connectivity index (χ1n) is 10.9. The molecule has 10 nitrogen and oxygen atoms in total. The molecule has 0 spiro atoms. The number of nitriles is 1. The Kier molecular flexibility index (Phi) is 7.73. The van der Waals surface area contributed by atoms with Crippen molar-refractivity contribution in [2.24, 2.45) is 0 Å². The molecule has 1 atom stereocenters. The summed E-state index contributed by atoms with van der Waals surface area (Å²) in [5, 5.41) is 17.7. The second-order valence-electron chi connectivity index (χ2n) is 7.69. The van der Waals surface area contributed by atoms with Gasteiger partial charge in [-0.15, -0.1) is 11.3 Å². The van der Waals surface area contributed by atoms with Crippen molar-refractivity contribution in [2.75, 3.05) is 36.0 Å². The van der Waals surface area contributed by atoms with Gasteiger partial charge in [0.1, 0.15) is 10.9 Å². The molecule has 1 unspecified atom stereocenters. The lowest BCUT2D eigenvalue weighted by Gasteiger charge is -2.34. The van der Waals surface area contributed by atoms with Crippen LogP contribution in [0.25, 0.3) is 10.2 Å². The van der Waals surface area contributed by atoms with Gasteiger partial charge in [0.25, 0.3) is 0 Å². The van der Waals surface area contributed by atoms with Crippen LogP contribution in [0.5, 0.6) is 0 Å². The van der Waals surface area contributed by atoms with Crippen LogP contribution >= 0.6 is 11.3 Å². The summed E-state index contributed by atoms with van der Waals surface area (Å²) in [4.78, 5) is 35.7. The zero-order valence-electron chi connectivity index (χ0n) is 19.1. The minimum absolute atomic E-state index is 0.511. The van der Waals surface area contributed by atoms with Crippen LogP contribution < -0.4 is 9.80 Å². The molecule has 0 aliphatic carbocycles. The van der Waals surface area contributed by atoms with Crippen LogP contribution in [0.1, 0.15) is 16.6 Å². The number of hydrogen-bond donors (Lipinski definition) is 1. The van der Waals surface area contributed by atoms with Crippen molar-refractivity contribution >= 4 is 39.4 Å². The summed E-state index contributed by atoms with van der Waals surface area (Å²) in [5.74, 6) is -1.88. The Bertz CT molecular complexity index is 1370. The van der Waals surface area contributed by atoms with Crippen molar-refractivity contribution in [3.05, 3.63) is 65.7 Å². The quantitative estimate of drug-likeness (QED) is 0.420. The molecule has 4 aromatic rings. The number of carbonyl (C=O) groups is 1. The smallest absolute Gasteiger partial charge is 0.475 e. The monoisotopic (exact) mass is 528 g/mol. The number of halogens is 3. The normalized spacial score (nSPS) is 14.4. The molecule has 0 amide bonds. The molecule has 5 rings (SSSR count). The number of carboxylic acids is 1. The first-order chi connectivity index (χ1) is 17.8. The largest absolute Gasteiger partial charge is 0.490 e. The van der Waals surface area contributed by atoms with Crippen molar-refractivity contribution in [2.45, 2.75) is 12.1 Å². The summed E-state index contributed by atoms with van der Waals surface area (Å²) < 4.78 is 32.8. The second-order valence-corrected chi connectivity index (χ2v) is 8.75. The Morgan fingerprint density at radius 2 is 1.54 bits per heavy atom. The molecule has 1 saturated heterocycles. The van der Waals surface area contributed by atoms with Gasteiger partial charge in [0.15, 0.2) is 0 Å². The second kappa shape index (κ2) is 11.1. The van der Waals surface area contributed by atoms with Crippen LogP contribution in [0.3, 0.4) is 0 Å². The number of aliphatic carboxylic acids is 1. The van der Waals surface area contributed by atoms with E-state index in [2.05, 4.69) is 35.8 Å². The predicted molar refractivity (Wildman–Crippen MR) is 129 cm³/mol. The SMILES string of the molecule is N#CC(c1ccnc(N2CCN(c3ncccn3)CC2)n1)c1nc2ccccc2s1.O=C(O)C(F)(F)F. The number of para-hydroxylation sites is 1. The highest BCUT2D eigenvalue weighted by atomic mass is 32.1. The number of hydrogen-bond acceptors (Lipinski definition) is 10. The number of alkyl halides is 3. The molecule has 4 heterocycles. The van der Waals surface area contributed by atoms with Crippen molar-refractivity contribution in [3.8, 4) is 6.07 Å². The molecule has 14 heteroatoms. The number of fused-ring (bicyclic) bond motifs is 1. The molecular formula is C23H19F3N8O2S. The molecule has 1 N–H and O–H groups in total. The fourth-order valence-electron chi connectivity index (χ4n) is 3.50. The van der Waals surface area contributed by atoms with Crippen molar-refractivity contribution in [1.82, 2.24) is 24.9 Å². The number of carboxylic acid groups (broad SMARTS) is 1. The molecule has 1 aliphatic heterocycles. The third-order valence-electron chi connectivity index (χ3n) is 5.29. The highest BCUT2D eigenvalue weighted by molar-refractivity contribution is 7.18. The molecule has 1 aliphatic rings. The lowest BCUT2D eigenvalue weighted by Crippen LogP contribution is -2.47. The third kappa shape index (κ3) is 6.25. The lowest BCUT2D eigenvalue weighted by molar-refractivity contribution is -0.192. The number of piperazine rings is 1. The van der Waals surface area contributed by atoms with E-state index in [1.165, 1.54) is 11.3 Å². The molecule has 37 heavy (non-hydrogen) atoms. The Morgan fingerprint density at radius 1 is 0.946 bits per heavy atom. The van der Waals surface area contributed by atoms with Gasteiger partial charge in [0.05, 0.1) is 22.0 Å². The first-order valence-corrected chi connectivity index (χ1v) is 11.7. The highest BCUT2D eigenvalue weighted by Gasteiger charge is 2.38. The van der Waals surface area contributed by atoms with Crippen LogP contribution in [0.4, 0.5) is 25.1 Å². The van der Waals surface area contributed by atoms with Crippen LogP contribution in [0.2, 0.25) is 0 Å². The molecule has 0 bridgehead atoms. The predicted octanol–water partition coefficient (Wildman–Crippen LogP) is 3.49. The maximum atomic E-state index is 10.6. The molecule has 1 fully saturated rings. The molecule has 1 aromatic carbocycles. The van der Waals surface area contributed by atoms with E-state index in [1.807, 2.05) is 30.3 Å². The zero-order valence-corrected chi connectivity index (χ0v) is 19.9. The Morgan fingerprint density at radius 3 is 2.14 bits per heavy atom. The highest BCUT2D eigenvalue weighted by Crippen LogP contribution is 2.31. The maximum absolute atomic E-state index is 10.6. The molecule has 0 radical (unpaired) electrons. The number of aromatic nitrogens is 5. The minimum atomic E-state index is -5.08. The summed E-state index contributed by atoms with van der Waals surface area (Å²) in [6, 6.07) is 13.9. The van der Waals surface area contributed by atoms with Crippen molar-refractivity contribution < 1.29 is 23.1 Å². The summed E-state index contributed by atoms with van der Waals surface area (Å²) in [6.45, 7) is 3.11. The number of rotatable bonds is 4. The van der Waals surface area contributed by atoms with E-state index in [0.29, 0.717) is 11.6 Å². The Hall–Kier alpha value is -4.38. The van der Waals surface area contributed by atoms with Gasteiger partial charge in [-0.05, 0) is 24.3 Å². The van der Waals surface area contributed by atoms with Gasteiger partial charge in [-0.3, -0.25) is 0 Å². The standard InChI is InChI=1S/C21H18N8S.C2HF3O2/c22-14-15(19-26-17-4-1-2-5-18(17)30-19)16-6-9-25-21(27-16)29-12-10-28(11-13-29)20-23-7-3-8-24-20;3-2(4,5)1(6)7/h1-9,15H,10-13H2;(H,6,7). The van der Waals surface area contributed by atoms with E-state index in [1.54, 1.807) is 24.7 Å². The van der Waals surface area contributed by atoms with E-state index < -0.39 is 18.1 Å². The maximum Gasteiger partial charge on any atom is 0.490 e. The van der Waals surface area contributed by atoms with Crippen molar-refractivity contribution in [3.63, 3.8) is 0 Å². The van der Waals surface area contributed by atoms with Crippen LogP contribution in [0.15, 0.2) is 55.0 Å². The van der Waals surface area contributed by atoms with E-state index in [0.717, 1.165) is 47.4 Å². The summed E-state index contributed by atoms with van der Waals surface area (Å²) in [5.41, 5.74) is 1.58. The molecule has 3 aromatic heterocycles. The number of anilines is 2. The average Bonchev–Trinajstić information content (AvgIpc) is 3.33. The van der Waals surface area contributed by atoms with E-state index in [9.17, 15) is 18.4 Å². The lowest BCUT2D eigenvalue weighted by atomic mass is 10.1. The fourth-order valence-corrected chi connectivity index (χ4v) is 4.52. The zero-order chi connectivity index (χ0) is 26.4. The number of benzene rings is 1. The number of thiazole rings is 1. The molecular weight excluding hydrogens is 509 g/mol. The van der Waals surface area contributed by atoms with Gasteiger partial charge < -0.3 is 14.9 Å². The summed E-state index contributed by atoms with van der Waals surface area (Å²) >= 11 is 1.54. The van der Waals surface area contributed by atoms with Gasteiger partial charge in [-0.25, -0.2) is 29.7 Å². The van der Waals surface area contributed by atoms with Gasteiger partial charge in [-0.2, -0.15) is 18.4 Å². The van der Waals surface area contributed by atoms with Crippen molar-refractivity contribution in [1.29, 1.82) is 5.26 Å². The van der Waals surface area contributed by atoms with Gasteiger partial charge in [0.2, 0.25) is 11.9 Å². The minimum Gasteiger partial charge on any atom is -0.475 e. The van der Waals surface area contributed by atoms with Gasteiger partial charge in [-0.1, -0.05) is 12.1 Å². The van der Waals surface area contributed by atoms with E-state index >= 15 is 0 Å². The summed E-state index contributed by atoms with van der Waals surface area (Å²) in [7, 11) is 0.